The van der Waals surface area contributed by atoms with Gasteiger partial charge in [0.15, 0.2) is 11.6 Å². The predicted molar refractivity (Wildman–Crippen MR) is 77.3 cm³/mol. The van der Waals surface area contributed by atoms with Gasteiger partial charge in [0.05, 0.1) is 7.11 Å². The Kier molecular flexibility index (Phi) is 3.94. The Bertz CT molecular complexity index is 476. The standard InChI is InChI=1S/C16H23FN2O/c1-11-8-18-15(13-4-5-13)10-19(11)9-12-3-6-16(20-2)14(17)7-12/h3,6-7,11,13,15,18H,4-5,8-10H2,1-2H3. The van der Waals surface area contributed by atoms with E-state index in [-0.39, 0.29) is 5.82 Å². The van der Waals surface area contributed by atoms with E-state index in [1.807, 2.05) is 6.07 Å². The molecule has 2 fully saturated rings. The minimum absolute atomic E-state index is 0.272. The molecular weight excluding hydrogens is 255 g/mol. The summed E-state index contributed by atoms with van der Waals surface area (Å²) in [4.78, 5) is 2.46. The second-order valence-corrected chi connectivity index (χ2v) is 6.10. The van der Waals surface area contributed by atoms with Gasteiger partial charge in [0.25, 0.3) is 0 Å². The minimum Gasteiger partial charge on any atom is -0.494 e. The Morgan fingerprint density at radius 2 is 2.20 bits per heavy atom. The van der Waals surface area contributed by atoms with Crippen molar-refractivity contribution >= 4 is 0 Å². The molecular formula is C16H23FN2O. The number of nitrogens with zero attached hydrogens (tertiary/aromatic N) is 1. The van der Waals surface area contributed by atoms with E-state index in [9.17, 15) is 4.39 Å². The van der Waals surface area contributed by atoms with Crippen LogP contribution in [0.15, 0.2) is 18.2 Å². The molecule has 1 heterocycles. The monoisotopic (exact) mass is 278 g/mol. The van der Waals surface area contributed by atoms with E-state index in [0.717, 1.165) is 31.1 Å². The van der Waals surface area contributed by atoms with E-state index in [0.29, 0.717) is 17.8 Å². The number of ether oxygens (including phenoxy) is 1. The molecule has 0 spiro atoms. The molecule has 20 heavy (non-hydrogen) atoms. The topological polar surface area (TPSA) is 24.5 Å². The van der Waals surface area contributed by atoms with Crippen LogP contribution in [0, 0.1) is 11.7 Å². The number of hydrogen-bond acceptors (Lipinski definition) is 3. The molecule has 1 aromatic rings. The molecule has 1 N–H and O–H groups in total. The van der Waals surface area contributed by atoms with Crippen LogP contribution in [0.3, 0.4) is 0 Å². The Morgan fingerprint density at radius 1 is 1.40 bits per heavy atom. The first-order valence-electron chi connectivity index (χ1n) is 7.47. The Labute approximate surface area is 120 Å². The summed E-state index contributed by atoms with van der Waals surface area (Å²) in [5.74, 6) is 0.905. The third-order valence-electron chi connectivity index (χ3n) is 4.52. The van der Waals surface area contributed by atoms with Gasteiger partial charge in [0, 0.05) is 31.7 Å². The smallest absolute Gasteiger partial charge is 0.165 e. The SMILES string of the molecule is COc1ccc(CN2CC(C3CC3)NCC2C)cc1F. The molecule has 3 rings (SSSR count). The summed E-state index contributed by atoms with van der Waals surface area (Å²) in [5.41, 5.74) is 1.02. The number of rotatable bonds is 4. The summed E-state index contributed by atoms with van der Waals surface area (Å²) >= 11 is 0. The number of benzene rings is 1. The molecule has 0 amide bonds. The Morgan fingerprint density at radius 3 is 2.85 bits per heavy atom. The second kappa shape index (κ2) is 5.70. The van der Waals surface area contributed by atoms with Crippen molar-refractivity contribution in [1.29, 1.82) is 0 Å². The van der Waals surface area contributed by atoms with Gasteiger partial charge in [-0.25, -0.2) is 4.39 Å². The summed E-state index contributed by atoms with van der Waals surface area (Å²) in [6.07, 6.45) is 2.72. The second-order valence-electron chi connectivity index (χ2n) is 6.10. The van der Waals surface area contributed by atoms with Gasteiger partial charge in [-0.05, 0) is 43.4 Å². The van der Waals surface area contributed by atoms with Crippen molar-refractivity contribution in [3.8, 4) is 5.75 Å². The highest BCUT2D eigenvalue weighted by molar-refractivity contribution is 5.29. The van der Waals surface area contributed by atoms with Crippen LogP contribution >= 0.6 is 0 Å². The highest BCUT2D eigenvalue weighted by atomic mass is 19.1. The van der Waals surface area contributed by atoms with Crippen LogP contribution in [0.4, 0.5) is 4.39 Å². The molecule has 3 nitrogen and oxygen atoms in total. The highest BCUT2D eigenvalue weighted by Gasteiger charge is 2.35. The van der Waals surface area contributed by atoms with Crippen molar-refractivity contribution < 1.29 is 9.13 Å². The van der Waals surface area contributed by atoms with Crippen LogP contribution in [0.1, 0.15) is 25.3 Å². The van der Waals surface area contributed by atoms with Crippen molar-refractivity contribution in [2.24, 2.45) is 5.92 Å². The zero-order valence-corrected chi connectivity index (χ0v) is 12.2. The van der Waals surface area contributed by atoms with Crippen LogP contribution in [0.2, 0.25) is 0 Å². The van der Waals surface area contributed by atoms with E-state index < -0.39 is 0 Å². The van der Waals surface area contributed by atoms with E-state index in [1.165, 1.54) is 20.0 Å². The lowest BCUT2D eigenvalue weighted by molar-refractivity contribution is 0.125. The number of halogens is 1. The summed E-state index contributed by atoms with van der Waals surface area (Å²) in [5, 5.41) is 3.64. The Balaban J connectivity index is 1.67. The molecule has 0 aromatic heterocycles. The van der Waals surface area contributed by atoms with Crippen LogP contribution in [0.5, 0.6) is 5.75 Å². The van der Waals surface area contributed by atoms with Crippen LogP contribution in [0.25, 0.3) is 0 Å². The quantitative estimate of drug-likeness (QED) is 0.915. The third kappa shape index (κ3) is 2.96. The number of methoxy groups -OCH3 is 1. The largest absolute Gasteiger partial charge is 0.494 e. The normalized spacial score (nSPS) is 27.6. The predicted octanol–water partition coefficient (Wildman–Crippen LogP) is 2.41. The van der Waals surface area contributed by atoms with E-state index >= 15 is 0 Å². The van der Waals surface area contributed by atoms with Gasteiger partial charge in [0.2, 0.25) is 0 Å². The molecule has 1 saturated heterocycles. The Hall–Kier alpha value is -1.13. The molecule has 1 aliphatic carbocycles. The van der Waals surface area contributed by atoms with Gasteiger partial charge in [0.1, 0.15) is 0 Å². The van der Waals surface area contributed by atoms with Crippen molar-refractivity contribution in [1.82, 2.24) is 10.2 Å². The number of hydrogen-bond donors (Lipinski definition) is 1. The minimum atomic E-state index is -0.272. The maximum absolute atomic E-state index is 13.8. The van der Waals surface area contributed by atoms with Gasteiger partial charge in [-0.1, -0.05) is 6.07 Å². The van der Waals surface area contributed by atoms with Gasteiger partial charge >= 0.3 is 0 Å². The first kappa shape index (κ1) is 13.8. The fourth-order valence-electron chi connectivity index (χ4n) is 3.03. The van der Waals surface area contributed by atoms with Gasteiger partial charge in [-0.15, -0.1) is 0 Å². The zero-order chi connectivity index (χ0) is 14.1. The molecule has 0 bridgehead atoms. The zero-order valence-electron chi connectivity index (χ0n) is 12.2. The molecule has 1 saturated carbocycles. The van der Waals surface area contributed by atoms with E-state index in [2.05, 4.69) is 17.1 Å². The van der Waals surface area contributed by atoms with Gasteiger partial charge in [-0.3, -0.25) is 4.90 Å². The van der Waals surface area contributed by atoms with Crippen molar-refractivity contribution in [3.05, 3.63) is 29.6 Å². The summed E-state index contributed by atoms with van der Waals surface area (Å²) < 4.78 is 18.7. The molecule has 4 heteroatoms. The van der Waals surface area contributed by atoms with Gasteiger partial charge < -0.3 is 10.1 Å². The fourth-order valence-corrected chi connectivity index (χ4v) is 3.03. The lowest BCUT2D eigenvalue weighted by atomic mass is 10.0. The average Bonchev–Trinajstić information content (AvgIpc) is 3.26. The van der Waals surface area contributed by atoms with Crippen LogP contribution in [-0.2, 0) is 6.54 Å². The maximum atomic E-state index is 13.8. The van der Waals surface area contributed by atoms with Gasteiger partial charge in [-0.2, -0.15) is 0 Å². The summed E-state index contributed by atoms with van der Waals surface area (Å²) in [6.45, 7) is 5.14. The molecule has 2 aliphatic rings. The van der Waals surface area contributed by atoms with Crippen molar-refractivity contribution in [2.75, 3.05) is 20.2 Å². The van der Waals surface area contributed by atoms with Crippen molar-refractivity contribution in [2.45, 2.75) is 38.4 Å². The molecule has 1 aromatic carbocycles. The lowest BCUT2D eigenvalue weighted by Gasteiger charge is -2.39. The number of nitrogens with one attached hydrogen (secondary N) is 1. The summed E-state index contributed by atoms with van der Waals surface area (Å²) in [6, 6.07) is 6.39. The lowest BCUT2D eigenvalue weighted by Crippen LogP contribution is -2.55. The first-order valence-corrected chi connectivity index (χ1v) is 7.47. The third-order valence-corrected chi connectivity index (χ3v) is 4.52. The molecule has 1 aliphatic heterocycles. The van der Waals surface area contributed by atoms with Crippen LogP contribution in [-0.4, -0.2) is 37.2 Å². The average molecular weight is 278 g/mol. The fraction of sp³-hybridized carbons (Fsp3) is 0.625. The van der Waals surface area contributed by atoms with E-state index in [4.69, 9.17) is 4.74 Å². The van der Waals surface area contributed by atoms with Crippen LogP contribution < -0.4 is 10.1 Å². The first-order chi connectivity index (χ1) is 9.67. The maximum Gasteiger partial charge on any atom is 0.165 e. The molecule has 110 valence electrons. The number of piperazine rings is 1. The molecule has 0 radical (unpaired) electrons. The summed E-state index contributed by atoms with van der Waals surface area (Å²) in [7, 11) is 1.50. The van der Waals surface area contributed by atoms with Crippen molar-refractivity contribution in [3.63, 3.8) is 0 Å². The molecule has 2 unspecified atom stereocenters. The molecule has 2 atom stereocenters. The highest BCUT2D eigenvalue weighted by Crippen LogP contribution is 2.34. The van der Waals surface area contributed by atoms with E-state index in [1.54, 1.807) is 12.1 Å².